The predicted octanol–water partition coefficient (Wildman–Crippen LogP) is 3.44. The second-order valence-electron chi connectivity index (χ2n) is 8.11. The Hall–Kier alpha value is -1.66. The molecule has 2 bridgehead atoms. The molecule has 4 heterocycles. The van der Waals surface area contributed by atoms with E-state index in [-0.39, 0.29) is 18.3 Å². The third-order valence-electron chi connectivity index (χ3n) is 6.06. The smallest absolute Gasteiger partial charge is 0.259 e. The van der Waals surface area contributed by atoms with Crippen molar-refractivity contribution >= 4 is 29.4 Å². The number of halogens is 1. The Balaban J connectivity index is 0.00000180. The standard InChI is InChI=1S/C20H26N4O2.ClH/c1-2-3-16-18-15(10-17(12-4-5-12)22-19(18)26-23-16)20(25)24-9-8-13-6-7-14(11-24)21-13;/h10,12-14,21H,2-9,11H2,1H3;1H. The second kappa shape index (κ2) is 7.40. The Kier molecular flexibility index (Phi) is 5.12. The zero-order chi connectivity index (χ0) is 17.7. The number of carbonyl (C=O) groups is 1. The summed E-state index contributed by atoms with van der Waals surface area (Å²) in [6, 6.07) is 3.03. The van der Waals surface area contributed by atoms with Gasteiger partial charge in [0, 0.05) is 36.8 Å². The minimum absolute atomic E-state index is 0. The van der Waals surface area contributed by atoms with Crippen molar-refractivity contribution in [2.75, 3.05) is 13.1 Å². The van der Waals surface area contributed by atoms with Crippen molar-refractivity contribution in [3.8, 4) is 0 Å². The van der Waals surface area contributed by atoms with Crippen molar-refractivity contribution in [3.63, 3.8) is 0 Å². The minimum Gasteiger partial charge on any atom is -0.337 e. The molecule has 2 atom stereocenters. The van der Waals surface area contributed by atoms with Gasteiger partial charge in [-0.3, -0.25) is 4.79 Å². The van der Waals surface area contributed by atoms with E-state index in [4.69, 9.17) is 4.52 Å². The van der Waals surface area contributed by atoms with Crippen LogP contribution in [0.1, 0.15) is 73.1 Å². The molecule has 0 aromatic carbocycles. The molecule has 0 spiro atoms. The quantitative estimate of drug-likeness (QED) is 0.865. The molecule has 3 fully saturated rings. The van der Waals surface area contributed by atoms with Crippen molar-refractivity contribution < 1.29 is 9.32 Å². The van der Waals surface area contributed by atoms with Crippen LogP contribution in [0.4, 0.5) is 0 Å². The maximum absolute atomic E-state index is 13.5. The van der Waals surface area contributed by atoms with Gasteiger partial charge in [-0.25, -0.2) is 4.98 Å². The van der Waals surface area contributed by atoms with Gasteiger partial charge in [-0.2, -0.15) is 0 Å². The molecule has 146 valence electrons. The average molecular weight is 391 g/mol. The number of hydrogen-bond acceptors (Lipinski definition) is 5. The van der Waals surface area contributed by atoms with E-state index in [1.54, 1.807) is 0 Å². The van der Waals surface area contributed by atoms with Crippen LogP contribution in [0.15, 0.2) is 10.6 Å². The Bertz CT molecular complexity index is 848. The molecule has 1 saturated carbocycles. The van der Waals surface area contributed by atoms with Crippen LogP contribution in [-0.2, 0) is 6.42 Å². The molecule has 3 aliphatic rings. The van der Waals surface area contributed by atoms with Crippen LogP contribution in [0.2, 0.25) is 0 Å². The summed E-state index contributed by atoms with van der Waals surface area (Å²) in [6.45, 7) is 3.74. The highest BCUT2D eigenvalue weighted by Gasteiger charge is 2.34. The molecule has 2 saturated heterocycles. The number of fused-ring (bicyclic) bond motifs is 3. The number of aromatic nitrogens is 2. The van der Waals surface area contributed by atoms with Gasteiger partial charge in [0.15, 0.2) is 0 Å². The number of pyridine rings is 1. The van der Waals surface area contributed by atoms with Crippen LogP contribution >= 0.6 is 12.4 Å². The van der Waals surface area contributed by atoms with Crippen LogP contribution < -0.4 is 5.32 Å². The zero-order valence-corrected chi connectivity index (χ0v) is 16.6. The van der Waals surface area contributed by atoms with E-state index in [0.29, 0.717) is 23.7 Å². The number of likely N-dealkylation sites (tertiary alicyclic amines) is 1. The summed E-state index contributed by atoms with van der Waals surface area (Å²) >= 11 is 0. The monoisotopic (exact) mass is 390 g/mol. The first-order valence-corrected chi connectivity index (χ1v) is 10.1. The van der Waals surface area contributed by atoms with E-state index in [2.05, 4.69) is 22.4 Å². The van der Waals surface area contributed by atoms with Gasteiger partial charge in [0.1, 0.15) is 0 Å². The highest BCUT2D eigenvalue weighted by atomic mass is 35.5. The zero-order valence-electron chi connectivity index (χ0n) is 15.7. The van der Waals surface area contributed by atoms with Gasteiger partial charge in [-0.15, -0.1) is 12.4 Å². The fourth-order valence-corrected chi connectivity index (χ4v) is 4.49. The van der Waals surface area contributed by atoms with Crippen LogP contribution in [0.5, 0.6) is 0 Å². The molecule has 6 nitrogen and oxygen atoms in total. The predicted molar refractivity (Wildman–Crippen MR) is 105 cm³/mol. The molecule has 2 unspecified atom stereocenters. The molecule has 7 heteroatoms. The number of aryl methyl sites for hydroxylation is 1. The first-order valence-electron chi connectivity index (χ1n) is 10.1. The van der Waals surface area contributed by atoms with Gasteiger partial charge in [-0.1, -0.05) is 18.5 Å². The number of carbonyl (C=O) groups excluding carboxylic acids is 1. The summed E-state index contributed by atoms with van der Waals surface area (Å²) in [6.07, 6.45) is 7.53. The summed E-state index contributed by atoms with van der Waals surface area (Å²) in [7, 11) is 0. The molecular weight excluding hydrogens is 364 g/mol. The normalized spacial score (nSPS) is 24.7. The lowest BCUT2D eigenvalue weighted by molar-refractivity contribution is 0.0750. The molecule has 2 aromatic heterocycles. The number of nitrogens with zero attached hydrogens (tertiary/aromatic N) is 3. The number of rotatable bonds is 4. The lowest BCUT2D eigenvalue weighted by Crippen LogP contribution is -2.39. The summed E-state index contributed by atoms with van der Waals surface area (Å²) in [5.74, 6) is 0.599. The Morgan fingerprint density at radius 2 is 2.07 bits per heavy atom. The first kappa shape index (κ1) is 18.7. The highest BCUT2D eigenvalue weighted by Crippen LogP contribution is 2.41. The number of amides is 1. The lowest BCUT2D eigenvalue weighted by Gasteiger charge is -2.24. The fourth-order valence-electron chi connectivity index (χ4n) is 4.49. The van der Waals surface area contributed by atoms with E-state index in [9.17, 15) is 4.79 Å². The van der Waals surface area contributed by atoms with Crippen molar-refractivity contribution in [1.29, 1.82) is 0 Å². The van der Waals surface area contributed by atoms with Crippen LogP contribution in [0.25, 0.3) is 11.1 Å². The maximum atomic E-state index is 13.5. The first-order chi connectivity index (χ1) is 12.7. The van der Waals surface area contributed by atoms with Gasteiger partial charge in [0.25, 0.3) is 11.6 Å². The molecule has 1 N–H and O–H groups in total. The van der Waals surface area contributed by atoms with Crippen LogP contribution in [0, 0.1) is 0 Å². The lowest BCUT2D eigenvalue weighted by atomic mass is 10.0. The third kappa shape index (κ3) is 3.45. The van der Waals surface area contributed by atoms with Crippen LogP contribution in [-0.4, -0.2) is 46.1 Å². The van der Waals surface area contributed by atoms with Gasteiger partial charge in [-0.05, 0) is 44.6 Å². The third-order valence-corrected chi connectivity index (χ3v) is 6.06. The fraction of sp³-hybridized carbons (Fsp3) is 0.650. The SMILES string of the molecule is CCCc1noc2nc(C3CC3)cc(C(=O)N3CCC4CCC(C3)N4)c12.Cl. The van der Waals surface area contributed by atoms with Gasteiger partial charge < -0.3 is 14.7 Å². The second-order valence-corrected chi connectivity index (χ2v) is 8.11. The molecule has 2 aromatic rings. The van der Waals surface area contributed by atoms with Crippen molar-refractivity contribution in [3.05, 3.63) is 23.0 Å². The molecule has 5 rings (SSSR count). The van der Waals surface area contributed by atoms with E-state index >= 15 is 0 Å². The molecule has 1 aliphatic carbocycles. The van der Waals surface area contributed by atoms with Gasteiger partial charge in [0.2, 0.25) is 0 Å². The van der Waals surface area contributed by atoms with E-state index < -0.39 is 0 Å². The van der Waals surface area contributed by atoms with Crippen molar-refractivity contribution in [2.45, 2.75) is 69.9 Å². The van der Waals surface area contributed by atoms with Crippen molar-refractivity contribution in [2.24, 2.45) is 0 Å². The molecule has 2 aliphatic heterocycles. The molecule has 27 heavy (non-hydrogen) atoms. The maximum Gasteiger partial charge on any atom is 0.259 e. The van der Waals surface area contributed by atoms with Crippen molar-refractivity contribution in [1.82, 2.24) is 20.4 Å². The highest BCUT2D eigenvalue weighted by molar-refractivity contribution is 6.06. The Labute approximate surface area is 165 Å². The summed E-state index contributed by atoms with van der Waals surface area (Å²) in [4.78, 5) is 20.2. The topological polar surface area (TPSA) is 71.3 Å². The van der Waals surface area contributed by atoms with E-state index in [0.717, 1.165) is 67.5 Å². The Morgan fingerprint density at radius 3 is 2.85 bits per heavy atom. The number of hydrogen-bond donors (Lipinski definition) is 1. The van der Waals surface area contributed by atoms with Gasteiger partial charge >= 0.3 is 0 Å². The summed E-state index contributed by atoms with van der Waals surface area (Å²) in [5, 5.41) is 8.72. The summed E-state index contributed by atoms with van der Waals surface area (Å²) < 4.78 is 5.53. The number of nitrogens with one attached hydrogen (secondary N) is 1. The largest absolute Gasteiger partial charge is 0.337 e. The average Bonchev–Trinajstić information content (AvgIpc) is 3.32. The molecule has 1 amide bonds. The minimum atomic E-state index is 0. The van der Waals surface area contributed by atoms with E-state index in [1.807, 2.05) is 11.0 Å². The van der Waals surface area contributed by atoms with E-state index in [1.165, 1.54) is 12.8 Å². The van der Waals surface area contributed by atoms with Gasteiger partial charge in [0.05, 0.1) is 16.6 Å². The molecular formula is C20H27ClN4O2. The van der Waals surface area contributed by atoms with Crippen LogP contribution in [0.3, 0.4) is 0 Å². The molecule has 0 radical (unpaired) electrons. The Morgan fingerprint density at radius 1 is 1.26 bits per heavy atom. The summed E-state index contributed by atoms with van der Waals surface area (Å²) in [5.41, 5.74) is 3.15.